The van der Waals surface area contributed by atoms with Gasteiger partial charge in [-0.3, -0.25) is 4.79 Å². The monoisotopic (exact) mass is 348 g/mol. The molecule has 1 atom stereocenters. The van der Waals surface area contributed by atoms with Crippen molar-refractivity contribution in [1.29, 1.82) is 0 Å². The summed E-state index contributed by atoms with van der Waals surface area (Å²) in [6, 6.07) is 4.13. The first kappa shape index (κ1) is 21.8. The molecule has 0 aliphatic rings. The van der Waals surface area contributed by atoms with Crippen molar-refractivity contribution in [3.63, 3.8) is 0 Å². The van der Waals surface area contributed by atoms with Crippen molar-refractivity contribution in [2.24, 2.45) is 0 Å². The number of ether oxygens (including phenoxy) is 1. The fourth-order valence-electron chi connectivity index (χ4n) is 2.42. The van der Waals surface area contributed by atoms with Crippen LogP contribution in [0, 0.1) is 0 Å². The standard InChI is InChI=1S/C16H36O4Si2/c1-7-22(8-2,9-3)20-15(10-11-17)14-16(18)19-12-13-21(4,5)6/h15,17H,7-14H2,1-6H3. The Morgan fingerprint density at radius 3 is 2.05 bits per heavy atom. The molecule has 0 bridgehead atoms. The van der Waals surface area contributed by atoms with Crippen LogP contribution in [0.5, 0.6) is 0 Å². The molecule has 132 valence electrons. The molecule has 4 nitrogen and oxygen atoms in total. The van der Waals surface area contributed by atoms with Crippen LogP contribution in [0.3, 0.4) is 0 Å². The molecule has 0 amide bonds. The number of esters is 1. The van der Waals surface area contributed by atoms with Crippen LogP contribution in [0.15, 0.2) is 0 Å². The summed E-state index contributed by atoms with van der Waals surface area (Å²) in [4.78, 5) is 12.0. The Hall–Kier alpha value is -0.176. The van der Waals surface area contributed by atoms with Crippen molar-refractivity contribution in [3.8, 4) is 0 Å². The van der Waals surface area contributed by atoms with Crippen LogP contribution in [0.2, 0.25) is 43.8 Å². The van der Waals surface area contributed by atoms with Gasteiger partial charge in [0.2, 0.25) is 0 Å². The van der Waals surface area contributed by atoms with E-state index in [1.165, 1.54) is 0 Å². The molecule has 0 aliphatic heterocycles. The smallest absolute Gasteiger partial charge is 0.308 e. The molecule has 0 aromatic carbocycles. The van der Waals surface area contributed by atoms with E-state index in [0.717, 1.165) is 24.2 Å². The molecule has 0 saturated carbocycles. The van der Waals surface area contributed by atoms with Crippen molar-refractivity contribution >= 4 is 22.4 Å². The van der Waals surface area contributed by atoms with Crippen molar-refractivity contribution in [2.75, 3.05) is 13.2 Å². The van der Waals surface area contributed by atoms with E-state index in [1.54, 1.807) is 0 Å². The van der Waals surface area contributed by atoms with Crippen LogP contribution in [0.4, 0.5) is 0 Å². The Kier molecular flexibility index (Phi) is 10.5. The number of carbonyl (C=O) groups excluding carboxylic acids is 1. The highest BCUT2D eigenvalue weighted by Crippen LogP contribution is 2.25. The van der Waals surface area contributed by atoms with Gasteiger partial charge in [0.15, 0.2) is 8.32 Å². The predicted octanol–water partition coefficient (Wildman–Crippen LogP) is 4.03. The number of aliphatic hydroxyl groups is 1. The fraction of sp³-hybridized carbons (Fsp3) is 0.938. The summed E-state index contributed by atoms with van der Waals surface area (Å²) in [6.07, 6.45) is 0.578. The van der Waals surface area contributed by atoms with E-state index in [2.05, 4.69) is 40.4 Å². The number of aliphatic hydroxyl groups excluding tert-OH is 1. The van der Waals surface area contributed by atoms with Gasteiger partial charge in [-0.15, -0.1) is 0 Å². The van der Waals surface area contributed by atoms with E-state index in [0.29, 0.717) is 13.0 Å². The second kappa shape index (κ2) is 10.6. The normalized spacial score (nSPS) is 14.0. The Labute approximate surface area is 138 Å². The van der Waals surface area contributed by atoms with Gasteiger partial charge < -0.3 is 14.3 Å². The van der Waals surface area contributed by atoms with Crippen molar-refractivity contribution in [2.45, 2.75) is 83.5 Å². The van der Waals surface area contributed by atoms with Gasteiger partial charge in [0.25, 0.3) is 0 Å². The number of hydrogen-bond donors (Lipinski definition) is 1. The van der Waals surface area contributed by atoms with Crippen molar-refractivity contribution < 1.29 is 19.1 Å². The Bertz CT molecular complexity index is 303. The van der Waals surface area contributed by atoms with E-state index >= 15 is 0 Å². The van der Waals surface area contributed by atoms with Gasteiger partial charge in [0.1, 0.15) is 0 Å². The van der Waals surface area contributed by atoms with Gasteiger partial charge in [-0.25, -0.2) is 0 Å². The van der Waals surface area contributed by atoms with Crippen LogP contribution < -0.4 is 0 Å². The molecule has 0 aromatic rings. The molecule has 0 fully saturated rings. The summed E-state index contributed by atoms with van der Waals surface area (Å²) in [6.45, 7) is 13.9. The first-order valence-electron chi connectivity index (χ1n) is 8.66. The van der Waals surface area contributed by atoms with Gasteiger partial charge in [-0.1, -0.05) is 40.4 Å². The minimum absolute atomic E-state index is 0.0501. The second-order valence-electron chi connectivity index (χ2n) is 7.23. The molecule has 0 spiro atoms. The molecule has 0 saturated heterocycles. The van der Waals surface area contributed by atoms with Gasteiger partial charge in [0, 0.05) is 14.7 Å². The highest BCUT2D eigenvalue weighted by Gasteiger charge is 2.32. The SMILES string of the molecule is CC[Si](CC)(CC)OC(CCO)CC(=O)OCC[Si](C)(C)C. The number of hydrogen-bond acceptors (Lipinski definition) is 4. The molecule has 0 rings (SSSR count). The highest BCUT2D eigenvalue weighted by molar-refractivity contribution is 6.76. The van der Waals surface area contributed by atoms with Crippen molar-refractivity contribution in [1.82, 2.24) is 0 Å². The first-order chi connectivity index (χ1) is 10.2. The van der Waals surface area contributed by atoms with Crippen LogP contribution in [0.25, 0.3) is 0 Å². The Morgan fingerprint density at radius 1 is 1.09 bits per heavy atom. The summed E-state index contributed by atoms with van der Waals surface area (Å²) in [5.41, 5.74) is 0. The van der Waals surface area contributed by atoms with Gasteiger partial charge >= 0.3 is 5.97 Å². The molecule has 0 radical (unpaired) electrons. The summed E-state index contributed by atoms with van der Waals surface area (Å²) in [5.74, 6) is -0.192. The maximum absolute atomic E-state index is 12.0. The average molecular weight is 349 g/mol. The van der Waals surface area contributed by atoms with Gasteiger partial charge in [0.05, 0.1) is 19.1 Å². The number of carbonyl (C=O) groups is 1. The summed E-state index contributed by atoms with van der Waals surface area (Å²) >= 11 is 0. The minimum atomic E-state index is -1.76. The molecule has 1 N–H and O–H groups in total. The molecule has 0 aromatic heterocycles. The van der Waals surface area contributed by atoms with Crippen LogP contribution in [0.1, 0.15) is 33.6 Å². The second-order valence-corrected chi connectivity index (χ2v) is 17.6. The fourth-order valence-corrected chi connectivity index (χ4v) is 6.04. The topological polar surface area (TPSA) is 55.8 Å². The molecule has 0 aliphatic carbocycles. The van der Waals surface area contributed by atoms with Crippen molar-refractivity contribution in [3.05, 3.63) is 0 Å². The Balaban J connectivity index is 4.47. The third-order valence-corrected chi connectivity index (χ3v) is 10.7. The lowest BCUT2D eigenvalue weighted by Gasteiger charge is -2.32. The van der Waals surface area contributed by atoms with E-state index in [-0.39, 0.29) is 25.1 Å². The lowest BCUT2D eigenvalue weighted by molar-refractivity contribution is -0.145. The third-order valence-electron chi connectivity index (χ3n) is 4.31. The maximum Gasteiger partial charge on any atom is 0.308 e. The van der Waals surface area contributed by atoms with Gasteiger partial charge in [-0.2, -0.15) is 0 Å². The quantitative estimate of drug-likeness (QED) is 0.427. The van der Waals surface area contributed by atoms with Crippen LogP contribution in [-0.2, 0) is 14.0 Å². The molecule has 0 heterocycles. The zero-order valence-corrected chi connectivity index (χ0v) is 17.4. The first-order valence-corrected chi connectivity index (χ1v) is 14.9. The highest BCUT2D eigenvalue weighted by atomic mass is 28.4. The lowest BCUT2D eigenvalue weighted by Crippen LogP contribution is -2.41. The molecule has 1 unspecified atom stereocenters. The summed E-state index contributed by atoms with van der Waals surface area (Å²) in [5, 5.41) is 9.24. The van der Waals surface area contributed by atoms with E-state index < -0.39 is 16.4 Å². The predicted molar refractivity (Wildman–Crippen MR) is 97.5 cm³/mol. The molecule has 22 heavy (non-hydrogen) atoms. The third kappa shape index (κ3) is 9.07. The minimum Gasteiger partial charge on any atom is -0.466 e. The van der Waals surface area contributed by atoms with E-state index in [4.69, 9.17) is 9.16 Å². The molecular formula is C16H36O4Si2. The largest absolute Gasteiger partial charge is 0.466 e. The van der Waals surface area contributed by atoms with Crippen LogP contribution in [-0.4, -0.2) is 46.8 Å². The maximum atomic E-state index is 12.0. The summed E-state index contributed by atoms with van der Waals surface area (Å²) < 4.78 is 11.7. The summed E-state index contributed by atoms with van der Waals surface area (Å²) in [7, 11) is -2.93. The zero-order chi connectivity index (χ0) is 17.2. The lowest BCUT2D eigenvalue weighted by atomic mass is 10.2. The van der Waals surface area contributed by atoms with E-state index in [9.17, 15) is 9.90 Å². The van der Waals surface area contributed by atoms with Gasteiger partial charge in [-0.05, 0) is 30.6 Å². The molecular weight excluding hydrogens is 312 g/mol. The van der Waals surface area contributed by atoms with Crippen LogP contribution >= 0.6 is 0 Å². The molecule has 6 heteroatoms. The average Bonchev–Trinajstić information content (AvgIpc) is 2.43. The number of rotatable bonds is 12. The van der Waals surface area contributed by atoms with E-state index in [1.807, 2.05) is 0 Å². The Morgan fingerprint density at radius 2 is 1.64 bits per heavy atom. The zero-order valence-electron chi connectivity index (χ0n) is 15.4.